The van der Waals surface area contributed by atoms with Crippen molar-refractivity contribution in [3.63, 3.8) is 0 Å². The van der Waals surface area contributed by atoms with E-state index >= 15 is 0 Å². The minimum atomic E-state index is -4.05. The summed E-state index contributed by atoms with van der Waals surface area (Å²) < 4.78 is 45.6. The van der Waals surface area contributed by atoms with Gasteiger partial charge in [0, 0.05) is 6.04 Å². The average molecular weight is 353 g/mol. The van der Waals surface area contributed by atoms with Crippen LogP contribution in [0.15, 0.2) is 47.4 Å². The molecule has 0 aromatic heterocycles. The first-order valence-corrected chi connectivity index (χ1v) is 8.42. The third-order valence-electron chi connectivity index (χ3n) is 3.40. The molecule has 0 saturated carbocycles. The second-order valence-corrected chi connectivity index (χ2v) is 6.75. The van der Waals surface area contributed by atoms with E-state index in [-0.39, 0.29) is 16.2 Å². The number of halogens is 1. The number of carboxylic acid groups (broad SMARTS) is 1. The van der Waals surface area contributed by atoms with E-state index < -0.39 is 27.9 Å². The molecule has 128 valence electrons. The number of rotatable bonds is 6. The highest BCUT2D eigenvalue weighted by Crippen LogP contribution is 2.26. The molecule has 8 heteroatoms. The Kier molecular flexibility index (Phi) is 5.20. The SMILES string of the molecule is COc1ccc(C(=O)O)cc1S(=O)(=O)N[C@@H](C)c1ccc(F)cc1. The van der Waals surface area contributed by atoms with E-state index in [1.54, 1.807) is 6.92 Å². The lowest BCUT2D eigenvalue weighted by atomic mass is 10.1. The van der Waals surface area contributed by atoms with E-state index in [2.05, 4.69) is 4.72 Å². The maximum absolute atomic E-state index is 13.0. The molecule has 24 heavy (non-hydrogen) atoms. The Morgan fingerprint density at radius 2 is 1.83 bits per heavy atom. The molecule has 2 N–H and O–H groups in total. The predicted molar refractivity (Wildman–Crippen MR) is 85.1 cm³/mol. The summed E-state index contributed by atoms with van der Waals surface area (Å²) in [5.41, 5.74) is 0.388. The fourth-order valence-corrected chi connectivity index (χ4v) is 3.56. The normalized spacial score (nSPS) is 12.6. The molecule has 0 aliphatic carbocycles. The molecule has 2 rings (SSSR count). The molecule has 0 fully saturated rings. The standard InChI is InChI=1S/C16H16FNO5S/c1-10(11-3-6-13(17)7-4-11)18-24(21,22)15-9-12(16(19)20)5-8-14(15)23-2/h3-10,18H,1-2H3,(H,19,20)/t10-/m0/s1. The highest BCUT2D eigenvalue weighted by atomic mass is 32.2. The van der Waals surface area contributed by atoms with Crippen molar-refractivity contribution in [1.82, 2.24) is 4.72 Å². The second-order valence-electron chi connectivity index (χ2n) is 5.07. The number of hydrogen-bond acceptors (Lipinski definition) is 4. The Labute approximate surface area is 138 Å². The predicted octanol–water partition coefficient (Wildman–Crippen LogP) is 2.57. The van der Waals surface area contributed by atoms with Gasteiger partial charge in [0.15, 0.2) is 0 Å². The summed E-state index contributed by atoms with van der Waals surface area (Å²) in [5, 5.41) is 9.03. The van der Waals surface area contributed by atoms with Crippen molar-refractivity contribution in [1.29, 1.82) is 0 Å². The van der Waals surface area contributed by atoms with Crippen molar-refractivity contribution in [2.24, 2.45) is 0 Å². The minimum absolute atomic E-state index is 0.0267. The van der Waals surface area contributed by atoms with Gasteiger partial charge in [-0.3, -0.25) is 0 Å². The highest BCUT2D eigenvalue weighted by molar-refractivity contribution is 7.89. The van der Waals surface area contributed by atoms with Crippen LogP contribution < -0.4 is 9.46 Å². The van der Waals surface area contributed by atoms with Crippen LogP contribution in [0, 0.1) is 5.82 Å². The molecule has 2 aromatic carbocycles. The topological polar surface area (TPSA) is 92.7 Å². The number of hydrogen-bond donors (Lipinski definition) is 2. The Morgan fingerprint density at radius 1 is 1.21 bits per heavy atom. The lowest BCUT2D eigenvalue weighted by Crippen LogP contribution is -2.27. The van der Waals surface area contributed by atoms with Crippen molar-refractivity contribution in [2.75, 3.05) is 7.11 Å². The lowest BCUT2D eigenvalue weighted by Gasteiger charge is -2.16. The van der Waals surface area contributed by atoms with Gasteiger partial charge in [-0.2, -0.15) is 0 Å². The molecule has 0 saturated heterocycles. The van der Waals surface area contributed by atoms with E-state index in [4.69, 9.17) is 9.84 Å². The Balaban J connectivity index is 2.37. The summed E-state index contributed by atoms with van der Waals surface area (Å²) in [6.45, 7) is 1.60. The molecule has 0 heterocycles. The van der Waals surface area contributed by atoms with Crippen LogP contribution in [0.1, 0.15) is 28.9 Å². The summed E-state index contributed by atoms with van der Waals surface area (Å²) in [6, 6.07) is 8.30. The van der Waals surface area contributed by atoms with E-state index in [0.717, 1.165) is 6.07 Å². The van der Waals surface area contributed by atoms with Gasteiger partial charge in [0.25, 0.3) is 0 Å². The number of ether oxygens (including phenoxy) is 1. The van der Waals surface area contributed by atoms with Crippen LogP contribution in [0.2, 0.25) is 0 Å². The van der Waals surface area contributed by atoms with Gasteiger partial charge in [-0.1, -0.05) is 12.1 Å². The number of benzene rings is 2. The van der Waals surface area contributed by atoms with Gasteiger partial charge in [-0.05, 0) is 42.8 Å². The Bertz CT molecular complexity index is 849. The van der Waals surface area contributed by atoms with Crippen LogP contribution >= 0.6 is 0 Å². The van der Waals surface area contributed by atoms with Crippen LogP contribution in [0.3, 0.4) is 0 Å². The fraction of sp³-hybridized carbons (Fsp3) is 0.188. The smallest absolute Gasteiger partial charge is 0.335 e. The quantitative estimate of drug-likeness (QED) is 0.833. The van der Waals surface area contributed by atoms with Crippen LogP contribution in [-0.2, 0) is 10.0 Å². The molecule has 2 aromatic rings. The summed E-state index contributed by atoms with van der Waals surface area (Å²) in [6.07, 6.45) is 0. The molecule has 0 aliphatic heterocycles. The number of carboxylic acids is 1. The highest BCUT2D eigenvalue weighted by Gasteiger charge is 2.24. The second kappa shape index (κ2) is 6.98. The third kappa shape index (κ3) is 3.90. The summed E-state index contributed by atoms with van der Waals surface area (Å²) >= 11 is 0. The van der Waals surface area contributed by atoms with Crippen molar-refractivity contribution < 1.29 is 27.4 Å². The monoisotopic (exact) mass is 353 g/mol. The van der Waals surface area contributed by atoms with Gasteiger partial charge >= 0.3 is 5.97 Å². The number of methoxy groups -OCH3 is 1. The van der Waals surface area contributed by atoms with Crippen molar-refractivity contribution in [2.45, 2.75) is 17.9 Å². The molecule has 0 spiro atoms. The Hall–Kier alpha value is -2.45. The van der Waals surface area contributed by atoms with Crippen LogP contribution in [-0.4, -0.2) is 26.6 Å². The zero-order valence-corrected chi connectivity index (χ0v) is 13.8. The van der Waals surface area contributed by atoms with Gasteiger partial charge in [-0.25, -0.2) is 22.3 Å². The average Bonchev–Trinajstić information content (AvgIpc) is 2.54. The molecule has 0 aliphatic rings. The Morgan fingerprint density at radius 3 is 2.38 bits per heavy atom. The molecule has 1 atom stereocenters. The van der Waals surface area contributed by atoms with Crippen molar-refractivity contribution >= 4 is 16.0 Å². The largest absolute Gasteiger partial charge is 0.495 e. The van der Waals surface area contributed by atoms with Gasteiger partial charge in [0.2, 0.25) is 10.0 Å². The van der Waals surface area contributed by atoms with E-state index in [0.29, 0.717) is 5.56 Å². The van der Waals surface area contributed by atoms with Gasteiger partial charge in [-0.15, -0.1) is 0 Å². The fourth-order valence-electron chi connectivity index (χ4n) is 2.14. The van der Waals surface area contributed by atoms with Crippen LogP contribution in [0.4, 0.5) is 4.39 Å². The summed E-state index contributed by atoms with van der Waals surface area (Å²) in [5.74, 6) is -1.65. The number of nitrogens with one attached hydrogen (secondary N) is 1. The first-order chi connectivity index (χ1) is 11.2. The third-order valence-corrected chi connectivity index (χ3v) is 4.96. The van der Waals surface area contributed by atoms with E-state index in [9.17, 15) is 17.6 Å². The van der Waals surface area contributed by atoms with E-state index in [1.807, 2.05) is 0 Å². The molecular formula is C16H16FNO5S. The summed E-state index contributed by atoms with van der Waals surface area (Å²) in [4.78, 5) is 10.8. The first kappa shape index (κ1) is 17.9. The van der Waals surface area contributed by atoms with Crippen molar-refractivity contribution in [3.8, 4) is 5.75 Å². The number of sulfonamides is 1. The molecule has 6 nitrogen and oxygen atoms in total. The maximum atomic E-state index is 13.0. The maximum Gasteiger partial charge on any atom is 0.335 e. The molecule has 0 amide bonds. The first-order valence-electron chi connectivity index (χ1n) is 6.93. The van der Waals surface area contributed by atoms with Crippen LogP contribution in [0.5, 0.6) is 5.75 Å². The lowest BCUT2D eigenvalue weighted by molar-refractivity contribution is 0.0696. The number of carbonyl (C=O) groups is 1. The summed E-state index contributed by atoms with van der Waals surface area (Å²) in [7, 11) is -2.76. The van der Waals surface area contributed by atoms with Gasteiger partial charge in [0.1, 0.15) is 16.5 Å². The molecule has 0 radical (unpaired) electrons. The van der Waals surface area contributed by atoms with Gasteiger partial charge < -0.3 is 9.84 Å². The number of aromatic carboxylic acids is 1. The molecule has 0 unspecified atom stereocenters. The minimum Gasteiger partial charge on any atom is -0.495 e. The molecule has 0 bridgehead atoms. The zero-order valence-electron chi connectivity index (χ0n) is 13.0. The zero-order chi connectivity index (χ0) is 17.9. The molecular weight excluding hydrogens is 337 g/mol. The van der Waals surface area contributed by atoms with Crippen molar-refractivity contribution in [3.05, 3.63) is 59.4 Å². The van der Waals surface area contributed by atoms with Gasteiger partial charge in [0.05, 0.1) is 12.7 Å². The van der Waals surface area contributed by atoms with Crippen LogP contribution in [0.25, 0.3) is 0 Å². The van der Waals surface area contributed by atoms with E-state index in [1.165, 1.54) is 43.5 Å².